The van der Waals surface area contributed by atoms with Crippen LogP contribution in [0.5, 0.6) is 0 Å². The summed E-state index contributed by atoms with van der Waals surface area (Å²) in [5, 5.41) is 1.45. The van der Waals surface area contributed by atoms with Crippen LogP contribution in [0.4, 0.5) is 0 Å². The van der Waals surface area contributed by atoms with Gasteiger partial charge in [-0.2, -0.15) is 0 Å². The van der Waals surface area contributed by atoms with E-state index >= 15 is 0 Å². The van der Waals surface area contributed by atoms with Crippen molar-refractivity contribution < 1.29 is 0 Å². The van der Waals surface area contributed by atoms with Crippen LogP contribution in [0.3, 0.4) is 0 Å². The van der Waals surface area contributed by atoms with E-state index in [1.165, 1.54) is 5.01 Å². The Kier molecular flexibility index (Phi) is 1.02. The lowest BCUT2D eigenvalue weighted by atomic mass is 10.4. The predicted molar refractivity (Wildman–Crippen MR) is 30.9 cm³/mol. The van der Waals surface area contributed by atoms with E-state index in [0.29, 0.717) is 11.5 Å². The van der Waals surface area contributed by atoms with Gasteiger partial charge in [0.2, 0.25) is 0 Å². The van der Waals surface area contributed by atoms with Gasteiger partial charge < -0.3 is 11.5 Å². The van der Waals surface area contributed by atoms with Crippen LogP contribution in [-0.4, -0.2) is 11.6 Å². The molecule has 46 valence electrons. The van der Waals surface area contributed by atoms with Crippen molar-refractivity contribution in [2.75, 3.05) is 6.54 Å². The molecule has 0 atom stereocenters. The van der Waals surface area contributed by atoms with Gasteiger partial charge >= 0.3 is 0 Å². The normalized spacial score (nSPS) is 20.4. The van der Waals surface area contributed by atoms with Crippen molar-refractivity contribution in [1.82, 2.24) is 5.01 Å². The van der Waals surface area contributed by atoms with E-state index in [1.54, 1.807) is 0 Å². The molecule has 8 heavy (non-hydrogen) atoms. The highest BCUT2D eigenvalue weighted by Crippen LogP contribution is 2.08. The van der Waals surface area contributed by atoms with E-state index < -0.39 is 0 Å². The molecule has 0 aromatic heterocycles. The molecule has 1 heterocycles. The quantitative estimate of drug-likeness (QED) is 0.340. The van der Waals surface area contributed by atoms with Gasteiger partial charge in [-0.05, 0) is 0 Å². The molecular formula is C4H10N4. The van der Waals surface area contributed by atoms with Gasteiger partial charge in [0.25, 0.3) is 0 Å². The molecule has 0 amide bonds. The Bertz CT molecular complexity index is 128. The lowest BCUT2D eigenvalue weighted by Gasteiger charge is -2.09. The third-order valence-corrected chi connectivity index (χ3v) is 1.26. The summed E-state index contributed by atoms with van der Waals surface area (Å²) >= 11 is 0. The van der Waals surface area contributed by atoms with Crippen molar-refractivity contribution in [3.8, 4) is 0 Å². The Morgan fingerprint density at radius 2 is 2.00 bits per heavy atom. The molecule has 0 spiro atoms. The first-order chi connectivity index (χ1) is 3.72. The molecule has 1 rings (SSSR count). The van der Waals surface area contributed by atoms with E-state index in [-0.39, 0.29) is 0 Å². The molecule has 0 saturated heterocycles. The van der Waals surface area contributed by atoms with Gasteiger partial charge in [0, 0.05) is 13.0 Å². The number of hydrazine groups is 1. The smallest absolute Gasteiger partial charge is 0.132 e. The second-order valence-corrected chi connectivity index (χ2v) is 1.85. The summed E-state index contributed by atoms with van der Waals surface area (Å²) in [4.78, 5) is 0. The molecule has 0 saturated carbocycles. The molecular weight excluding hydrogens is 104 g/mol. The maximum Gasteiger partial charge on any atom is 0.132 e. The predicted octanol–water partition coefficient (Wildman–Crippen LogP) is -1.35. The topological polar surface area (TPSA) is 81.3 Å². The zero-order valence-electron chi connectivity index (χ0n) is 4.59. The Morgan fingerprint density at radius 1 is 1.38 bits per heavy atom. The highest BCUT2D eigenvalue weighted by molar-refractivity contribution is 5.10. The monoisotopic (exact) mass is 114 g/mol. The van der Waals surface area contributed by atoms with Crippen molar-refractivity contribution in [3.05, 3.63) is 11.5 Å². The summed E-state index contributed by atoms with van der Waals surface area (Å²) in [6.07, 6.45) is 0.794. The van der Waals surface area contributed by atoms with E-state index in [9.17, 15) is 0 Å². The molecule has 4 heteroatoms. The van der Waals surface area contributed by atoms with E-state index in [2.05, 4.69) is 0 Å². The Morgan fingerprint density at radius 3 is 2.12 bits per heavy atom. The van der Waals surface area contributed by atoms with Crippen molar-refractivity contribution in [3.63, 3.8) is 0 Å². The fourth-order valence-corrected chi connectivity index (χ4v) is 0.674. The zero-order chi connectivity index (χ0) is 6.15. The van der Waals surface area contributed by atoms with E-state index in [1.807, 2.05) is 0 Å². The molecule has 0 aliphatic carbocycles. The fraction of sp³-hybridized carbons (Fsp3) is 0.500. The first-order valence-electron chi connectivity index (χ1n) is 2.48. The van der Waals surface area contributed by atoms with Crippen molar-refractivity contribution in [2.24, 2.45) is 17.3 Å². The number of hydrogen-bond donors (Lipinski definition) is 3. The number of nitrogens with zero attached hydrogens (tertiary/aromatic N) is 1. The molecule has 0 unspecified atom stereocenters. The number of nitrogens with two attached hydrogens (primary N) is 3. The van der Waals surface area contributed by atoms with Gasteiger partial charge in [-0.15, -0.1) is 0 Å². The maximum atomic E-state index is 5.40. The standard InChI is InChI=1S/C4H10N4/c5-3-1-2-8(7)4(3)6/h1-2,5-7H2. The minimum atomic E-state index is 0.519. The van der Waals surface area contributed by atoms with Crippen molar-refractivity contribution in [2.45, 2.75) is 6.42 Å². The van der Waals surface area contributed by atoms with E-state index in [4.69, 9.17) is 17.3 Å². The number of rotatable bonds is 0. The van der Waals surface area contributed by atoms with Gasteiger partial charge in [0.15, 0.2) is 0 Å². The third kappa shape index (κ3) is 0.586. The highest BCUT2D eigenvalue weighted by Gasteiger charge is 2.12. The fourth-order valence-electron chi connectivity index (χ4n) is 0.674. The van der Waals surface area contributed by atoms with Crippen LogP contribution in [0.15, 0.2) is 11.5 Å². The van der Waals surface area contributed by atoms with Gasteiger partial charge in [-0.25, -0.2) is 5.84 Å². The van der Waals surface area contributed by atoms with Crippen LogP contribution in [-0.2, 0) is 0 Å². The molecule has 0 bridgehead atoms. The van der Waals surface area contributed by atoms with Crippen molar-refractivity contribution in [1.29, 1.82) is 0 Å². The average Bonchev–Trinajstić information content (AvgIpc) is 1.98. The Hall–Kier alpha value is -0.900. The Balaban J connectivity index is 2.71. The summed E-state index contributed by atoms with van der Waals surface area (Å²) in [6.45, 7) is 0.748. The molecule has 6 N–H and O–H groups in total. The molecule has 0 fully saturated rings. The van der Waals surface area contributed by atoms with Gasteiger partial charge in [-0.3, -0.25) is 5.01 Å². The summed E-state index contributed by atoms with van der Waals surface area (Å²) in [5.74, 6) is 5.86. The second-order valence-electron chi connectivity index (χ2n) is 1.85. The van der Waals surface area contributed by atoms with Crippen molar-refractivity contribution >= 4 is 0 Å². The van der Waals surface area contributed by atoms with Crippen LogP contribution in [0.2, 0.25) is 0 Å². The highest BCUT2D eigenvalue weighted by atomic mass is 15.4. The van der Waals surface area contributed by atoms with Crippen LogP contribution in [0, 0.1) is 0 Å². The van der Waals surface area contributed by atoms with Gasteiger partial charge in [0.1, 0.15) is 5.82 Å². The van der Waals surface area contributed by atoms with Crippen LogP contribution in [0.1, 0.15) is 6.42 Å². The summed E-state index contributed by atoms with van der Waals surface area (Å²) < 4.78 is 0. The minimum absolute atomic E-state index is 0.519. The van der Waals surface area contributed by atoms with Crippen LogP contribution >= 0.6 is 0 Å². The second kappa shape index (κ2) is 1.56. The van der Waals surface area contributed by atoms with E-state index in [0.717, 1.165) is 13.0 Å². The van der Waals surface area contributed by atoms with Crippen LogP contribution in [0.25, 0.3) is 0 Å². The van der Waals surface area contributed by atoms with Gasteiger partial charge in [-0.1, -0.05) is 0 Å². The lowest BCUT2D eigenvalue weighted by molar-refractivity contribution is 0.390. The third-order valence-electron chi connectivity index (χ3n) is 1.26. The first-order valence-corrected chi connectivity index (χ1v) is 2.48. The molecule has 0 aromatic rings. The molecule has 4 nitrogen and oxygen atoms in total. The maximum absolute atomic E-state index is 5.40. The lowest BCUT2D eigenvalue weighted by Crippen LogP contribution is -2.31. The summed E-state index contributed by atoms with van der Waals surface area (Å²) in [6, 6.07) is 0. The summed E-state index contributed by atoms with van der Waals surface area (Å²) in [5.41, 5.74) is 11.5. The molecule has 0 radical (unpaired) electrons. The average molecular weight is 114 g/mol. The molecule has 1 aliphatic heterocycles. The summed E-state index contributed by atoms with van der Waals surface area (Å²) in [7, 11) is 0. The number of hydrogen-bond acceptors (Lipinski definition) is 4. The first kappa shape index (κ1) is 5.24. The van der Waals surface area contributed by atoms with Gasteiger partial charge in [0.05, 0.1) is 5.70 Å². The largest absolute Gasteiger partial charge is 0.399 e. The van der Waals surface area contributed by atoms with Crippen LogP contribution < -0.4 is 17.3 Å². The molecule has 1 aliphatic rings. The Labute approximate surface area is 47.9 Å². The zero-order valence-corrected chi connectivity index (χ0v) is 4.59. The SMILES string of the molecule is NC1=C(N)N(N)CC1. The minimum Gasteiger partial charge on any atom is -0.399 e. The molecule has 0 aromatic carbocycles.